The van der Waals surface area contributed by atoms with Gasteiger partial charge in [-0.2, -0.15) is 12.6 Å². The minimum absolute atomic E-state index is 0.140. The molecule has 0 amide bonds. The first-order valence-corrected chi connectivity index (χ1v) is 6.54. The number of carbonyl (C=O) groups excluding carboxylic acids is 1. The van der Waals surface area contributed by atoms with Crippen LogP contribution in [-0.4, -0.2) is 11.0 Å². The van der Waals surface area contributed by atoms with Crippen LogP contribution in [0.5, 0.6) is 0 Å². The summed E-state index contributed by atoms with van der Waals surface area (Å²) in [4.78, 5) is 11.9. The zero-order valence-electron chi connectivity index (χ0n) is 9.86. The summed E-state index contributed by atoms with van der Waals surface area (Å²) >= 11 is 4.39. The molecule has 88 valence electrons. The van der Waals surface area contributed by atoms with E-state index in [1.54, 1.807) is 0 Å². The van der Waals surface area contributed by atoms with Gasteiger partial charge < -0.3 is 0 Å². The summed E-state index contributed by atoms with van der Waals surface area (Å²) in [6.45, 7) is 2.19. The van der Waals surface area contributed by atoms with E-state index in [4.69, 9.17) is 0 Å². The summed E-state index contributed by atoms with van der Waals surface area (Å²) in [5, 5.41) is -0.140. The summed E-state index contributed by atoms with van der Waals surface area (Å²) in [5.41, 5.74) is 0.776. The Morgan fingerprint density at radius 3 is 2.50 bits per heavy atom. The predicted molar refractivity (Wildman–Crippen MR) is 72.3 cm³/mol. The zero-order valence-corrected chi connectivity index (χ0v) is 10.7. The van der Waals surface area contributed by atoms with Crippen LogP contribution >= 0.6 is 12.6 Å². The fourth-order valence-corrected chi connectivity index (χ4v) is 2.02. The molecule has 1 nitrogen and oxygen atoms in total. The minimum Gasteiger partial charge on any atom is -0.293 e. The molecule has 0 N–H and O–H groups in total. The van der Waals surface area contributed by atoms with Crippen LogP contribution in [0.15, 0.2) is 30.3 Å². The van der Waals surface area contributed by atoms with Gasteiger partial charge in [0.05, 0.1) is 5.25 Å². The van der Waals surface area contributed by atoms with E-state index in [1.807, 2.05) is 30.3 Å². The van der Waals surface area contributed by atoms with Crippen LogP contribution in [0, 0.1) is 0 Å². The lowest BCUT2D eigenvalue weighted by Gasteiger charge is -2.09. The van der Waals surface area contributed by atoms with Crippen molar-refractivity contribution in [2.75, 3.05) is 0 Å². The second kappa shape index (κ2) is 7.50. The van der Waals surface area contributed by atoms with E-state index in [0.717, 1.165) is 18.4 Å². The van der Waals surface area contributed by atoms with E-state index in [2.05, 4.69) is 19.6 Å². The van der Waals surface area contributed by atoms with E-state index < -0.39 is 0 Å². The van der Waals surface area contributed by atoms with Crippen molar-refractivity contribution in [1.82, 2.24) is 0 Å². The normalized spacial score (nSPS) is 12.4. The largest absolute Gasteiger partial charge is 0.293 e. The van der Waals surface area contributed by atoms with Gasteiger partial charge in [-0.3, -0.25) is 4.79 Å². The molecule has 0 heterocycles. The number of ketones is 1. The summed E-state index contributed by atoms with van der Waals surface area (Å²) in [6, 6.07) is 9.43. The van der Waals surface area contributed by atoms with Crippen molar-refractivity contribution >= 4 is 18.4 Å². The van der Waals surface area contributed by atoms with Gasteiger partial charge in [0.2, 0.25) is 0 Å². The Bertz CT molecular complexity index is 308. The molecule has 0 aliphatic heterocycles. The molecule has 1 aromatic carbocycles. The number of Topliss-reactive ketones (excluding diaryl/α,β-unsaturated/α-hetero) is 1. The number of benzene rings is 1. The molecule has 0 aliphatic rings. The topological polar surface area (TPSA) is 17.1 Å². The van der Waals surface area contributed by atoms with Crippen LogP contribution in [0.1, 0.15) is 49.4 Å². The lowest BCUT2D eigenvalue weighted by atomic mass is 10.0. The highest BCUT2D eigenvalue weighted by Gasteiger charge is 2.14. The first kappa shape index (κ1) is 13.3. The number of hydrogen-bond donors (Lipinski definition) is 1. The predicted octanol–water partition coefficient (Wildman–Crippen LogP) is 4.14. The first-order chi connectivity index (χ1) is 7.75. The Morgan fingerprint density at radius 1 is 1.19 bits per heavy atom. The van der Waals surface area contributed by atoms with Gasteiger partial charge in [0.1, 0.15) is 0 Å². The fraction of sp³-hybridized carbons (Fsp3) is 0.500. The average Bonchev–Trinajstić information content (AvgIpc) is 2.34. The van der Waals surface area contributed by atoms with Gasteiger partial charge in [-0.25, -0.2) is 0 Å². The molecular formula is C14H20OS. The van der Waals surface area contributed by atoms with E-state index in [-0.39, 0.29) is 11.0 Å². The third kappa shape index (κ3) is 4.40. The van der Waals surface area contributed by atoms with Crippen molar-refractivity contribution in [3.8, 4) is 0 Å². The lowest BCUT2D eigenvalue weighted by molar-refractivity contribution is 0.0986. The molecule has 1 rings (SSSR count). The Morgan fingerprint density at radius 2 is 1.88 bits per heavy atom. The SMILES string of the molecule is CCCCCCC(S)C(=O)c1ccccc1. The second-order valence-corrected chi connectivity index (χ2v) is 4.72. The maximum absolute atomic E-state index is 11.9. The van der Waals surface area contributed by atoms with Gasteiger partial charge in [0.25, 0.3) is 0 Å². The number of carbonyl (C=O) groups is 1. The van der Waals surface area contributed by atoms with Crippen molar-refractivity contribution in [3.63, 3.8) is 0 Å². The van der Waals surface area contributed by atoms with Crippen molar-refractivity contribution in [2.45, 2.75) is 44.3 Å². The highest BCUT2D eigenvalue weighted by atomic mass is 32.1. The monoisotopic (exact) mass is 236 g/mol. The molecule has 0 saturated heterocycles. The number of thiol groups is 1. The van der Waals surface area contributed by atoms with Crippen LogP contribution < -0.4 is 0 Å². The van der Waals surface area contributed by atoms with Crippen molar-refractivity contribution in [3.05, 3.63) is 35.9 Å². The summed E-state index contributed by atoms with van der Waals surface area (Å²) in [6.07, 6.45) is 5.66. The quantitative estimate of drug-likeness (QED) is 0.428. The molecule has 0 aliphatic carbocycles. The molecule has 1 unspecified atom stereocenters. The van der Waals surface area contributed by atoms with Crippen molar-refractivity contribution in [1.29, 1.82) is 0 Å². The van der Waals surface area contributed by atoms with Crippen LogP contribution in [0.25, 0.3) is 0 Å². The smallest absolute Gasteiger partial charge is 0.175 e. The van der Waals surface area contributed by atoms with Gasteiger partial charge in [0.15, 0.2) is 5.78 Å². The molecule has 1 atom stereocenters. The molecule has 1 aromatic rings. The Balaban J connectivity index is 2.37. The number of hydrogen-bond acceptors (Lipinski definition) is 2. The van der Waals surface area contributed by atoms with Crippen molar-refractivity contribution < 1.29 is 4.79 Å². The molecule has 0 saturated carbocycles. The Hall–Kier alpha value is -0.760. The Labute approximate surface area is 104 Å². The minimum atomic E-state index is -0.140. The summed E-state index contributed by atoms with van der Waals surface area (Å²) in [7, 11) is 0. The van der Waals surface area contributed by atoms with Crippen molar-refractivity contribution in [2.24, 2.45) is 0 Å². The Kier molecular flexibility index (Phi) is 6.24. The average molecular weight is 236 g/mol. The van der Waals surface area contributed by atoms with Gasteiger partial charge in [0, 0.05) is 5.56 Å². The molecule has 0 spiro atoms. The van der Waals surface area contributed by atoms with E-state index in [1.165, 1.54) is 19.3 Å². The number of unbranched alkanes of at least 4 members (excludes halogenated alkanes) is 3. The van der Waals surface area contributed by atoms with Gasteiger partial charge in [-0.1, -0.05) is 62.9 Å². The van der Waals surface area contributed by atoms with Crippen LogP contribution in [-0.2, 0) is 0 Å². The van der Waals surface area contributed by atoms with E-state index in [9.17, 15) is 4.79 Å². The van der Waals surface area contributed by atoms with E-state index >= 15 is 0 Å². The van der Waals surface area contributed by atoms with Gasteiger partial charge in [-0.15, -0.1) is 0 Å². The maximum atomic E-state index is 11.9. The fourth-order valence-electron chi connectivity index (χ4n) is 1.69. The molecule has 16 heavy (non-hydrogen) atoms. The standard InChI is InChI=1S/C14H20OS/c1-2-3-4-8-11-13(16)14(15)12-9-6-5-7-10-12/h5-7,9-10,13,16H,2-4,8,11H2,1H3. The van der Waals surface area contributed by atoms with E-state index in [0.29, 0.717) is 0 Å². The molecule has 0 radical (unpaired) electrons. The summed E-state index contributed by atoms with van der Waals surface area (Å²) in [5.74, 6) is 0.153. The molecule has 2 heteroatoms. The first-order valence-electron chi connectivity index (χ1n) is 6.03. The third-order valence-corrected chi connectivity index (χ3v) is 3.18. The van der Waals surface area contributed by atoms with Gasteiger partial charge >= 0.3 is 0 Å². The highest BCUT2D eigenvalue weighted by Crippen LogP contribution is 2.15. The van der Waals surface area contributed by atoms with Gasteiger partial charge in [-0.05, 0) is 6.42 Å². The molecule has 0 bridgehead atoms. The second-order valence-electron chi connectivity index (χ2n) is 4.10. The lowest BCUT2D eigenvalue weighted by Crippen LogP contribution is -2.14. The molecular weight excluding hydrogens is 216 g/mol. The number of rotatable bonds is 7. The highest BCUT2D eigenvalue weighted by molar-refractivity contribution is 7.81. The third-order valence-electron chi connectivity index (χ3n) is 2.69. The molecule has 0 fully saturated rings. The zero-order chi connectivity index (χ0) is 11.8. The molecule has 0 aromatic heterocycles. The van der Waals surface area contributed by atoms with Crippen LogP contribution in [0.4, 0.5) is 0 Å². The van der Waals surface area contributed by atoms with Crippen LogP contribution in [0.3, 0.4) is 0 Å². The van der Waals surface area contributed by atoms with Crippen LogP contribution in [0.2, 0.25) is 0 Å². The maximum Gasteiger partial charge on any atom is 0.175 e. The summed E-state index contributed by atoms with van der Waals surface area (Å²) < 4.78 is 0.